The number of piperazine rings is 1. The first-order chi connectivity index (χ1) is 12.9. The summed E-state index contributed by atoms with van der Waals surface area (Å²) in [6.07, 6.45) is 0. The quantitative estimate of drug-likeness (QED) is 0.698. The molecule has 140 valence electrons. The van der Waals surface area contributed by atoms with E-state index in [0.29, 0.717) is 18.9 Å². The number of fused-ring (bicyclic) bond motifs is 1. The van der Waals surface area contributed by atoms with Crippen molar-refractivity contribution in [3.63, 3.8) is 0 Å². The van der Waals surface area contributed by atoms with E-state index in [9.17, 15) is 4.79 Å². The van der Waals surface area contributed by atoms with Crippen molar-refractivity contribution in [1.82, 2.24) is 24.5 Å². The maximum atomic E-state index is 12.8. The Morgan fingerprint density at radius 2 is 1.67 bits per heavy atom. The number of nitrogens with zero attached hydrogens (tertiary/aromatic N) is 6. The van der Waals surface area contributed by atoms with Crippen LogP contribution in [0.2, 0.25) is 0 Å². The van der Waals surface area contributed by atoms with Gasteiger partial charge in [0.1, 0.15) is 11.6 Å². The summed E-state index contributed by atoms with van der Waals surface area (Å²) in [4.78, 5) is 21.6. The second kappa shape index (κ2) is 6.64. The highest BCUT2D eigenvalue weighted by atomic mass is 16.2. The Bertz CT molecular complexity index is 1020. The Kier molecular flexibility index (Phi) is 4.30. The topological polar surface area (TPSA) is 66.6 Å². The molecule has 0 bridgehead atoms. The number of carbonyl (C=O) groups is 1. The number of amides is 1. The van der Waals surface area contributed by atoms with Gasteiger partial charge in [-0.15, -0.1) is 10.2 Å². The number of hydrogen-bond acceptors (Lipinski definition) is 5. The summed E-state index contributed by atoms with van der Waals surface area (Å²) in [5.74, 6) is 2.46. The Hall–Kier alpha value is -2.96. The molecule has 0 unspecified atom stereocenters. The van der Waals surface area contributed by atoms with E-state index in [1.54, 1.807) is 0 Å². The van der Waals surface area contributed by atoms with Crippen LogP contribution in [0.25, 0.3) is 5.78 Å². The summed E-state index contributed by atoms with van der Waals surface area (Å²) in [5, 5.41) is 8.25. The summed E-state index contributed by atoms with van der Waals surface area (Å²) < 4.78 is 1.95. The SMILES string of the molecule is Cc1ccc(C(=O)N2CCN(c3cc(C)n4c(C)nnc4n3)CC2)cc1C. The lowest BCUT2D eigenvalue weighted by Crippen LogP contribution is -2.49. The lowest BCUT2D eigenvalue weighted by atomic mass is 10.1. The van der Waals surface area contributed by atoms with Crippen LogP contribution in [0.1, 0.15) is 33.0 Å². The van der Waals surface area contributed by atoms with Crippen LogP contribution in [0.4, 0.5) is 5.82 Å². The molecule has 0 N–H and O–H groups in total. The van der Waals surface area contributed by atoms with Gasteiger partial charge in [-0.3, -0.25) is 9.20 Å². The molecule has 0 aliphatic carbocycles. The molecule has 1 aromatic carbocycles. The first-order valence-corrected chi connectivity index (χ1v) is 9.25. The van der Waals surface area contributed by atoms with E-state index in [1.165, 1.54) is 5.56 Å². The highest BCUT2D eigenvalue weighted by molar-refractivity contribution is 5.94. The third kappa shape index (κ3) is 3.13. The third-order valence-corrected chi connectivity index (χ3v) is 5.36. The van der Waals surface area contributed by atoms with Crippen LogP contribution in [0.15, 0.2) is 24.3 Å². The monoisotopic (exact) mass is 364 g/mol. The molecule has 0 atom stereocenters. The highest BCUT2D eigenvalue weighted by Gasteiger charge is 2.24. The third-order valence-electron chi connectivity index (χ3n) is 5.36. The second-order valence-corrected chi connectivity index (χ2v) is 7.22. The average molecular weight is 364 g/mol. The zero-order valence-corrected chi connectivity index (χ0v) is 16.2. The standard InChI is InChI=1S/C20H24N6O/c1-13-5-6-17(11-14(13)2)19(27)25-9-7-24(8-10-25)18-12-15(3)26-16(4)22-23-20(26)21-18/h5-6,11-12H,7-10H2,1-4H3. The van der Waals surface area contributed by atoms with Crippen molar-refractivity contribution in [3.8, 4) is 0 Å². The minimum absolute atomic E-state index is 0.102. The van der Waals surface area contributed by atoms with Crippen LogP contribution in [0.5, 0.6) is 0 Å². The smallest absolute Gasteiger partial charge is 0.257 e. The fourth-order valence-electron chi connectivity index (χ4n) is 3.58. The summed E-state index contributed by atoms with van der Waals surface area (Å²) in [6.45, 7) is 10.9. The average Bonchev–Trinajstić information content (AvgIpc) is 3.05. The van der Waals surface area contributed by atoms with Gasteiger partial charge in [0.15, 0.2) is 0 Å². The summed E-state index contributed by atoms with van der Waals surface area (Å²) in [7, 11) is 0. The van der Waals surface area contributed by atoms with Gasteiger partial charge in [-0.05, 0) is 51.0 Å². The molecule has 27 heavy (non-hydrogen) atoms. The van der Waals surface area contributed by atoms with Gasteiger partial charge < -0.3 is 9.80 Å². The van der Waals surface area contributed by atoms with Crippen LogP contribution >= 0.6 is 0 Å². The van der Waals surface area contributed by atoms with Gasteiger partial charge in [-0.2, -0.15) is 4.98 Å². The summed E-state index contributed by atoms with van der Waals surface area (Å²) >= 11 is 0. The number of anilines is 1. The maximum Gasteiger partial charge on any atom is 0.257 e. The largest absolute Gasteiger partial charge is 0.353 e. The fourth-order valence-corrected chi connectivity index (χ4v) is 3.58. The lowest BCUT2D eigenvalue weighted by Gasteiger charge is -2.35. The number of aromatic nitrogens is 4. The molecule has 7 heteroatoms. The van der Waals surface area contributed by atoms with Gasteiger partial charge in [-0.25, -0.2) is 0 Å². The molecule has 7 nitrogen and oxygen atoms in total. The van der Waals surface area contributed by atoms with E-state index in [-0.39, 0.29) is 5.91 Å². The van der Waals surface area contributed by atoms with E-state index in [4.69, 9.17) is 0 Å². The fraction of sp³-hybridized carbons (Fsp3) is 0.400. The molecule has 1 aliphatic heterocycles. The van der Waals surface area contributed by atoms with Gasteiger partial charge in [0.25, 0.3) is 11.7 Å². The van der Waals surface area contributed by atoms with Crippen molar-refractivity contribution in [2.75, 3.05) is 31.1 Å². The van der Waals surface area contributed by atoms with Crippen molar-refractivity contribution < 1.29 is 4.79 Å². The predicted octanol–water partition coefficient (Wildman–Crippen LogP) is 2.32. The number of benzene rings is 1. The Morgan fingerprint density at radius 1 is 0.926 bits per heavy atom. The predicted molar refractivity (Wildman–Crippen MR) is 104 cm³/mol. The minimum Gasteiger partial charge on any atom is -0.353 e. The van der Waals surface area contributed by atoms with Crippen LogP contribution in [0, 0.1) is 27.7 Å². The van der Waals surface area contributed by atoms with Gasteiger partial charge in [0.05, 0.1) is 0 Å². The molecule has 1 fully saturated rings. The lowest BCUT2D eigenvalue weighted by molar-refractivity contribution is 0.0746. The first-order valence-electron chi connectivity index (χ1n) is 9.25. The first kappa shape index (κ1) is 17.5. The van der Waals surface area contributed by atoms with Crippen LogP contribution in [0.3, 0.4) is 0 Å². The van der Waals surface area contributed by atoms with Gasteiger partial charge >= 0.3 is 0 Å². The molecule has 3 aromatic rings. The van der Waals surface area contributed by atoms with Crippen molar-refractivity contribution in [2.45, 2.75) is 27.7 Å². The normalized spacial score (nSPS) is 14.8. The number of hydrogen-bond donors (Lipinski definition) is 0. The molecule has 1 amide bonds. The van der Waals surface area contributed by atoms with Crippen LogP contribution in [-0.4, -0.2) is 56.6 Å². The van der Waals surface area contributed by atoms with Crippen LogP contribution < -0.4 is 4.90 Å². The van der Waals surface area contributed by atoms with E-state index in [0.717, 1.165) is 41.6 Å². The Morgan fingerprint density at radius 3 is 2.37 bits per heavy atom. The molecule has 4 rings (SSSR count). The zero-order valence-electron chi connectivity index (χ0n) is 16.2. The number of aryl methyl sites for hydroxylation is 4. The highest BCUT2D eigenvalue weighted by Crippen LogP contribution is 2.19. The Labute approximate surface area is 158 Å². The molecular formula is C20H24N6O. The van der Waals surface area contributed by atoms with E-state index < -0.39 is 0 Å². The molecule has 3 heterocycles. The maximum absolute atomic E-state index is 12.8. The van der Waals surface area contributed by atoms with Gasteiger partial charge in [-0.1, -0.05) is 6.07 Å². The van der Waals surface area contributed by atoms with Crippen molar-refractivity contribution in [1.29, 1.82) is 0 Å². The van der Waals surface area contributed by atoms with Crippen molar-refractivity contribution in [2.24, 2.45) is 0 Å². The minimum atomic E-state index is 0.102. The molecule has 0 radical (unpaired) electrons. The van der Waals surface area contributed by atoms with Crippen molar-refractivity contribution >= 4 is 17.5 Å². The molecule has 0 saturated carbocycles. The summed E-state index contributed by atoms with van der Waals surface area (Å²) in [6, 6.07) is 7.98. The van der Waals surface area contributed by atoms with Gasteiger partial charge in [0.2, 0.25) is 0 Å². The second-order valence-electron chi connectivity index (χ2n) is 7.22. The zero-order chi connectivity index (χ0) is 19.1. The summed E-state index contributed by atoms with van der Waals surface area (Å²) in [5.41, 5.74) is 4.18. The van der Waals surface area contributed by atoms with Crippen LogP contribution in [-0.2, 0) is 0 Å². The Balaban J connectivity index is 1.48. The molecule has 0 spiro atoms. The van der Waals surface area contributed by atoms with E-state index in [1.807, 2.05) is 48.3 Å². The van der Waals surface area contributed by atoms with Gasteiger partial charge in [0, 0.05) is 43.5 Å². The number of carbonyl (C=O) groups excluding carboxylic acids is 1. The molecule has 2 aromatic heterocycles. The van der Waals surface area contributed by atoms with E-state index in [2.05, 4.69) is 33.1 Å². The molecule has 1 aliphatic rings. The molecule has 1 saturated heterocycles. The number of rotatable bonds is 2. The van der Waals surface area contributed by atoms with E-state index >= 15 is 0 Å². The molecular weight excluding hydrogens is 340 g/mol. The van der Waals surface area contributed by atoms with Crippen molar-refractivity contribution in [3.05, 3.63) is 52.5 Å².